The van der Waals surface area contributed by atoms with Crippen LogP contribution in [0.15, 0.2) is 91.0 Å². The molecule has 0 radical (unpaired) electrons. The first-order chi connectivity index (χ1) is 51.8. The Morgan fingerprint density at radius 3 is 0.886 bits per heavy atom. The highest BCUT2D eigenvalue weighted by Gasteiger charge is 2.21. The van der Waals surface area contributed by atoms with E-state index < -0.39 is 11.8 Å². The molecule has 2 amide bonds. The quantitative estimate of drug-likeness (QED) is 0.0283. The molecular weight excluding hydrogens is 1300 g/mol. The highest BCUT2D eigenvalue weighted by Crippen LogP contribution is 2.40. The molecule has 1 aromatic heterocycles. The molecule has 11 nitrogen and oxygen atoms in total. The lowest BCUT2D eigenvalue weighted by Crippen LogP contribution is -2.41. The van der Waals surface area contributed by atoms with Crippen molar-refractivity contribution in [3.8, 4) is 51.3 Å². The number of ether oxygens (including phenoxy) is 5. The number of nitrogens with one attached hydrogen (secondary N) is 2. The topological polar surface area (TPSA) is 130 Å². The maximum Gasteiger partial charge on any atom is 0.269 e. The van der Waals surface area contributed by atoms with Gasteiger partial charge >= 0.3 is 0 Å². The van der Waals surface area contributed by atoms with Crippen LogP contribution in [-0.4, -0.2) is 54.8 Å². The maximum atomic E-state index is 14.1. The minimum Gasteiger partial charge on any atom is -0.494 e. The number of unbranched alkanes of at least 4 members (excludes halogenated alkanes) is 47. The number of carbonyl (C=O) groups is 2. The number of aromatic nitrogens is 2. The number of amides is 2. The molecule has 0 unspecified atom stereocenters. The molecule has 1 heterocycles. The van der Waals surface area contributed by atoms with Crippen molar-refractivity contribution < 1.29 is 33.3 Å². The minimum absolute atomic E-state index is 0.327. The SMILES string of the molecule is CCCCCCCCCCCCCCOc1ccc2cc(C(=O)NNC(=O)c3ccc4nc(-c5ccc(OCCCCCCCCCCCC)c(OCCCCCCCCCCCC)c5)c(-c5ccc(OCCCCCCCCCCCC)c(OCCCCCCCCCCCC)c5)nc4c3)ccc2c1. The largest absolute Gasteiger partial charge is 0.494 e. The van der Waals surface area contributed by atoms with Gasteiger partial charge in [-0.15, -0.1) is 0 Å². The van der Waals surface area contributed by atoms with Crippen molar-refractivity contribution in [2.75, 3.05) is 33.0 Å². The average Bonchev–Trinajstić information content (AvgIpc) is 0.768. The molecule has 0 bridgehead atoms. The van der Waals surface area contributed by atoms with Crippen LogP contribution in [0.4, 0.5) is 0 Å². The van der Waals surface area contributed by atoms with Crippen LogP contribution in [0.3, 0.4) is 0 Å². The Labute approximate surface area is 639 Å². The van der Waals surface area contributed by atoms with Crippen LogP contribution in [0.2, 0.25) is 0 Å². The van der Waals surface area contributed by atoms with Gasteiger partial charge < -0.3 is 23.7 Å². The first-order valence-electron chi connectivity index (χ1n) is 43.7. The predicted octanol–water partition coefficient (Wildman–Crippen LogP) is 28.5. The standard InChI is InChI=1S/C94H146N4O7/c1-6-11-16-21-26-31-36-37-42-43-48-53-68-101-84-64-60-78-73-82(59-58-79(78)74-84)93(99)97-98-94(100)83-61-65-85-86(75-83)96-92(81-63-67-88(103-70-55-50-45-39-33-28-23-18-13-8-3)90(77-81)105-72-57-52-47-41-35-30-25-20-15-10-5)91(95-85)80-62-66-87(102-69-54-49-44-38-32-27-22-17-12-7-2)89(76-80)104-71-56-51-46-40-34-29-24-19-14-9-4/h58-67,73-77H,6-57,68-72H2,1-5H3,(H,97,99)(H,98,100). The van der Waals surface area contributed by atoms with E-state index in [0.717, 1.165) is 96.9 Å². The van der Waals surface area contributed by atoms with Crippen molar-refractivity contribution in [2.24, 2.45) is 0 Å². The van der Waals surface area contributed by atoms with E-state index in [1.807, 2.05) is 48.5 Å². The van der Waals surface area contributed by atoms with Gasteiger partial charge in [-0.25, -0.2) is 9.97 Å². The number of hydrogen-bond donors (Lipinski definition) is 2. The Hall–Kier alpha value is -6.36. The van der Waals surface area contributed by atoms with Gasteiger partial charge in [0.05, 0.1) is 55.5 Å². The summed E-state index contributed by atoms with van der Waals surface area (Å²) in [7, 11) is 0. The van der Waals surface area contributed by atoms with Crippen LogP contribution in [0.5, 0.6) is 28.7 Å². The fourth-order valence-corrected chi connectivity index (χ4v) is 14.3. The Morgan fingerprint density at radius 1 is 0.257 bits per heavy atom. The molecule has 11 heteroatoms. The minimum atomic E-state index is -0.474. The van der Waals surface area contributed by atoms with Crippen LogP contribution in [0.25, 0.3) is 44.3 Å². The lowest BCUT2D eigenvalue weighted by molar-refractivity contribution is 0.0847. The van der Waals surface area contributed by atoms with E-state index in [1.165, 1.54) is 276 Å². The van der Waals surface area contributed by atoms with Crippen LogP contribution in [-0.2, 0) is 0 Å². The number of carbonyl (C=O) groups excluding carboxylic acids is 2. The van der Waals surface area contributed by atoms with E-state index in [4.69, 9.17) is 33.7 Å². The van der Waals surface area contributed by atoms with Gasteiger partial charge in [0.1, 0.15) is 5.75 Å². The van der Waals surface area contributed by atoms with E-state index in [1.54, 1.807) is 18.2 Å². The molecule has 105 heavy (non-hydrogen) atoms. The van der Waals surface area contributed by atoms with Gasteiger partial charge in [0.15, 0.2) is 23.0 Å². The number of benzene rings is 5. The second kappa shape index (κ2) is 57.8. The summed E-state index contributed by atoms with van der Waals surface area (Å²) < 4.78 is 33.0. The molecule has 0 atom stereocenters. The third kappa shape index (κ3) is 37.3. The molecule has 0 aliphatic carbocycles. The van der Waals surface area contributed by atoms with Gasteiger partial charge in [0.2, 0.25) is 0 Å². The summed E-state index contributed by atoms with van der Waals surface area (Å²) >= 11 is 0. The molecule has 6 rings (SSSR count). The number of fused-ring (bicyclic) bond motifs is 2. The maximum absolute atomic E-state index is 14.1. The molecular formula is C94H146N4O7. The molecule has 0 aliphatic rings. The summed E-state index contributed by atoms with van der Waals surface area (Å²) in [5.41, 5.74) is 10.2. The Morgan fingerprint density at radius 2 is 0.533 bits per heavy atom. The lowest BCUT2D eigenvalue weighted by Gasteiger charge is -2.17. The summed E-state index contributed by atoms with van der Waals surface area (Å²) in [6, 6.07) is 29.3. The van der Waals surface area contributed by atoms with Crippen molar-refractivity contribution in [3.05, 3.63) is 102 Å². The first-order valence-corrected chi connectivity index (χ1v) is 43.7. The molecule has 0 aliphatic heterocycles. The number of nitrogens with zero attached hydrogens (tertiary/aromatic N) is 2. The van der Waals surface area contributed by atoms with Crippen LogP contribution in [0.1, 0.15) is 389 Å². The predicted molar refractivity (Wildman–Crippen MR) is 445 cm³/mol. The summed E-state index contributed by atoms with van der Waals surface area (Å²) in [6.07, 6.45) is 65.9. The van der Waals surface area contributed by atoms with Crippen LogP contribution in [0, 0.1) is 0 Å². The summed E-state index contributed by atoms with van der Waals surface area (Å²) in [6.45, 7) is 14.5. The summed E-state index contributed by atoms with van der Waals surface area (Å²) in [5.74, 6) is 2.79. The van der Waals surface area contributed by atoms with Crippen molar-refractivity contribution in [2.45, 2.75) is 369 Å². The second-order valence-corrected chi connectivity index (χ2v) is 30.4. The molecule has 2 N–H and O–H groups in total. The normalized spacial score (nSPS) is 11.4. The number of hydrogen-bond acceptors (Lipinski definition) is 9. The fraction of sp³-hybridized carbons (Fsp3) is 0.660. The zero-order valence-electron chi connectivity index (χ0n) is 67.2. The summed E-state index contributed by atoms with van der Waals surface area (Å²) in [5, 5.41) is 1.89. The average molecular weight is 1440 g/mol. The molecule has 584 valence electrons. The molecule has 5 aromatic carbocycles. The highest BCUT2D eigenvalue weighted by atomic mass is 16.5. The smallest absolute Gasteiger partial charge is 0.269 e. The molecule has 0 fully saturated rings. The van der Waals surface area contributed by atoms with Crippen molar-refractivity contribution in [1.82, 2.24) is 20.8 Å². The van der Waals surface area contributed by atoms with Gasteiger partial charge in [-0.05, 0) is 122 Å². The fourth-order valence-electron chi connectivity index (χ4n) is 14.3. The third-order valence-corrected chi connectivity index (χ3v) is 21.0. The second-order valence-electron chi connectivity index (χ2n) is 30.4. The molecule has 6 aromatic rings. The Bertz CT molecular complexity index is 3220. The van der Waals surface area contributed by atoms with Crippen LogP contribution >= 0.6 is 0 Å². The number of hydrazine groups is 1. The van der Waals surface area contributed by atoms with Gasteiger partial charge in [-0.2, -0.15) is 0 Å². The zero-order valence-corrected chi connectivity index (χ0v) is 67.2. The highest BCUT2D eigenvalue weighted by molar-refractivity contribution is 6.02. The number of rotatable bonds is 66. The summed E-state index contributed by atoms with van der Waals surface area (Å²) in [4.78, 5) is 38.7. The third-order valence-electron chi connectivity index (χ3n) is 21.0. The van der Waals surface area contributed by atoms with Gasteiger partial charge in [-0.1, -0.05) is 349 Å². The van der Waals surface area contributed by atoms with E-state index in [-0.39, 0.29) is 0 Å². The van der Waals surface area contributed by atoms with E-state index in [9.17, 15) is 9.59 Å². The van der Waals surface area contributed by atoms with Crippen molar-refractivity contribution in [1.29, 1.82) is 0 Å². The van der Waals surface area contributed by atoms with Crippen molar-refractivity contribution in [3.63, 3.8) is 0 Å². The molecule has 0 saturated heterocycles. The Kier molecular flexibility index (Phi) is 48.2. The molecule has 0 saturated carbocycles. The lowest BCUT2D eigenvalue weighted by atomic mass is 10.0. The monoisotopic (exact) mass is 1440 g/mol. The van der Waals surface area contributed by atoms with Crippen molar-refractivity contribution >= 4 is 33.6 Å². The molecule has 0 spiro atoms. The Balaban J connectivity index is 1.21. The first kappa shape index (κ1) is 87.5. The van der Waals surface area contributed by atoms with Crippen LogP contribution < -0.4 is 34.5 Å². The van der Waals surface area contributed by atoms with E-state index in [0.29, 0.717) is 78.1 Å². The van der Waals surface area contributed by atoms with Gasteiger partial charge in [0.25, 0.3) is 11.8 Å². The van der Waals surface area contributed by atoms with E-state index in [2.05, 4.69) is 69.7 Å². The zero-order chi connectivity index (χ0) is 74.1. The van der Waals surface area contributed by atoms with Gasteiger partial charge in [-0.3, -0.25) is 20.4 Å². The van der Waals surface area contributed by atoms with E-state index >= 15 is 0 Å². The van der Waals surface area contributed by atoms with Gasteiger partial charge in [0, 0.05) is 22.3 Å².